The highest BCUT2D eigenvalue weighted by Crippen LogP contribution is 2.57. The zero-order chi connectivity index (χ0) is 20.3. The maximum Gasteiger partial charge on any atom is 0.231 e. The lowest BCUT2D eigenvalue weighted by molar-refractivity contribution is -0.125. The summed E-state index contributed by atoms with van der Waals surface area (Å²) in [6, 6.07) is 7.23. The van der Waals surface area contributed by atoms with Crippen LogP contribution in [0.1, 0.15) is 41.6 Å². The van der Waals surface area contributed by atoms with Gasteiger partial charge in [-0.05, 0) is 53.3 Å². The van der Waals surface area contributed by atoms with Gasteiger partial charge in [-0.1, -0.05) is 0 Å². The van der Waals surface area contributed by atoms with E-state index in [0.29, 0.717) is 41.4 Å². The predicted octanol–water partition coefficient (Wildman–Crippen LogP) is 2.91. The van der Waals surface area contributed by atoms with Crippen molar-refractivity contribution in [2.24, 2.45) is 11.8 Å². The molecular weight excluding hydrogens is 376 g/mol. The summed E-state index contributed by atoms with van der Waals surface area (Å²) in [6.45, 7) is 0.131. The first-order valence-electron chi connectivity index (χ1n) is 9.62. The number of phenols is 1. The van der Waals surface area contributed by atoms with Gasteiger partial charge in [0.05, 0.1) is 26.2 Å². The molecule has 0 saturated heterocycles. The van der Waals surface area contributed by atoms with Crippen molar-refractivity contribution in [2.45, 2.75) is 24.9 Å². The lowest BCUT2D eigenvalue weighted by Crippen LogP contribution is -2.33. The van der Waals surface area contributed by atoms with Crippen molar-refractivity contribution in [3.05, 3.63) is 41.0 Å². The first-order valence-corrected chi connectivity index (χ1v) is 9.62. The summed E-state index contributed by atoms with van der Waals surface area (Å²) >= 11 is 0. The van der Waals surface area contributed by atoms with E-state index in [1.165, 1.54) is 14.2 Å². The maximum absolute atomic E-state index is 12.6. The standard InChI is InChI=1S/C22H22O7/c1-26-17-5-10(6-18(27-2)22(17)25)19-11-3-4-14(23)20(11)21(24)13-8-16-15(7-12(13)19)28-9-29-16/h5-8,11,19-21,24-25H,3-4,9H2,1-2H3. The third-order valence-corrected chi connectivity index (χ3v) is 6.42. The van der Waals surface area contributed by atoms with E-state index in [2.05, 4.69) is 0 Å². The van der Waals surface area contributed by atoms with Crippen LogP contribution >= 0.6 is 0 Å². The molecule has 5 rings (SSSR count). The van der Waals surface area contributed by atoms with Crippen LogP contribution in [0.3, 0.4) is 0 Å². The Morgan fingerprint density at radius 2 is 1.62 bits per heavy atom. The Balaban J connectivity index is 1.74. The molecule has 1 aliphatic heterocycles. The molecule has 7 heteroatoms. The Hall–Kier alpha value is -2.93. The summed E-state index contributed by atoms with van der Waals surface area (Å²) in [5, 5.41) is 21.4. The van der Waals surface area contributed by atoms with Crippen molar-refractivity contribution in [1.82, 2.24) is 0 Å². The van der Waals surface area contributed by atoms with Crippen molar-refractivity contribution in [3.8, 4) is 28.7 Å². The molecule has 2 N–H and O–H groups in total. The Morgan fingerprint density at radius 3 is 2.24 bits per heavy atom. The van der Waals surface area contributed by atoms with Crippen LogP contribution in [0.15, 0.2) is 24.3 Å². The summed E-state index contributed by atoms with van der Waals surface area (Å²) < 4.78 is 21.7. The molecular formula is C22H22O7. The number of rotatable bonds is 3. The average Bonchev–Trinajstić information content (AvgIpc) is 3.34. The number of fused-ring (bicyclic) bond motifs is 3. The van der Waals surface area contributed by atoms with Crippen LogP contribution in [0, 0.1) is 11.8 Å². The molecule has 1 fully saturated rings. The Morgan fingerprint density at radius 1 is 1.00 bits per heavy atom. The minimum atomic E-state index is -0.878. The number of phenolic OH excluding ortho intramolecular Hbond substituents is 1. The van der Waals surface area contributed by atoms with E-state index in [-0.39, 0.29) is 30.2 Å². The van der Waals surface area contributed by atoms with E-state index in [9.17, 15) is 15.0 Å². The lowest BCUT2D eigenvalue weighted by atomic mass is 9.66. The SMILES string of the molecule is COc1cc(C2c3cc4c(cc3C(O)C3C(=O)CCC23)OCO4)cc(OC)c1O. The molecule has 4 unspecified atom stereocenters. The number of aromatic hydroxyl groups is 1. The summed E-state index contributed by atoms with van der Waals surface area (Å²) in [5.41, 5.74) is 2.43. The van der Waals surface area contributed by atoms with Crippen LogP contribution in [0.2, 0.25) is 0 Å². The van der Waals surface area contributed by atoms with Crippen molar-refractivity contribution < 1.29 is 34.0 Å². The van der Waals surface area contributed by atoms with E-state index >= 15 is 0 Å². The monoisotopic (exact) mass is 398 g/mol. The lowest BCUT2D eigenvalue weighted by Gasteiger charge is -2.39. The van der Waals surface area contributed by atoms with E-state index < -0.39 is 12.0 Å². The molecule has 0 aromatic heterocycles. The summed E-state index contributed by atoms with van der Waals surface area (Å²) in [6.07, 6.45) is 0.247. The fraction of sp³-hybridized carbons (Fsp3) is 0.409. The van der Waals surface area contributed by atoms with Gasteiger partial charge in [-0.15, -0.1) is 0 Å². The number of hydrogen-bond donors (Lipinski definition) is 2. The molecule has 1 saturated carbocycles. The summed E-state index contributed by atoms with van der Waals surface area (Å²) in [4.78, 5) is 12.6. The molecule has 4 atom stereocenters. The third-order valence-electron chi connectivity index (χ3n) is 6.42. The summed E-state index contributed by atoms with van der Waals surface area (Å²) in [7, 11) is 2.97. The van der Waals surface area contributed by atoms with Crippen LogP contribution in [0.25, 0.3) is 0 Å². The van der Waals surface area contributed by atoms with Gasteiger partial charge in [-0.25, -0.2) is 0 Å². The predicted molar refractivity (Wildman–Crippen MR) is 102 cm³/mol. The molecule has 2 aliphatic carbocycles. The Kier molecular flexibility index (Phi) is 4.10. The number of methoxy groups -OCH3 is 2. The van der Waals surface area contributed by atoms with Crippen LogP contribution in [-0.4, -0.2) is 37.0 Å². The largest absolute Gasteiger partial charge is 0.502 e. The molecule has 1 heterocycles. The Bertz CT molecular complexity index is 974. The van der Waals surface area contributed by atoms with Crippen molar-refractivity contribution in [1.29, 1.82) is 0 Å². The van der Waals surface area contributed by atoms with Crippen LogP contribution in [0.5, 0.6) is 28.7 Å². The molecule has 2 aromatic carbocycles. The van der Waals surface area contributed by atoms with E-state index in [4.69, 9.17) is 18.9 Å². The number of aliphatic hydroxyl groups excluding tert-OH is 1. The molecule has 3 aliphatic rings. The average molecular weight is 398 g/mol. The first-order chi connectivity index (χ1) is 14.0. The smallest absolute Gasteiger partial charge is 0.231 e. The van der Waals surface area contributed by atoms with Gasteiger partial charge >= 0.3 is 0 Å². The van der Waals surface area contributed by atoms with Gasteiger partial charge in [-0.3, -0.25) is 4.79 Å². The van der Waals surface area contributed by atoms with Crippen LogP contribution in [0.4, 0.5) is 0 Å². The topological polar surface area (TPSA) is 94.5 Å². The van der Waals surface area contributed by atoms with Gasteiger partial charge in [0.25, 0.3) is 0 Å². The van der Waals surface area contributed by atoms with Gasteiger partial charge in [0, 0.05) is 12.3 Å². The fourth-order valence-electron chi connectivity index (χ4n) is 5.12. The zero-order valence-electron chi connectivity index (χ0n) is 16.2. The van der Waals surface area contributed by atoms with Gasteiger partial charge in [-0.2, -0.15) is 0 Å². The van der Waals surface area contributed by atoms with E-state index in [1.54, 1.807) is 18.2 Å². The minimum absolute atomic E-state index is 0.0654. The fourth-order valence-corrected chi connectivity index (χ4v) is 5.12. The number of carbonyl (C=O) groups excluding carboxylic acids is 1. The molecule has 29 heavy (non-hydrogen) atoms. The molecule has 152 valence electrons. The number of hydrogen-bond acceptors (Lipinski definition) is 7. The molecule has 7 nitrogen and oxygen atoms in total. The quantitative estimate of drug-likeness (QED) is 0.821. The van der Waals surface area contributed by atoms with Gasteiger partial charge in [0.15, 0.2) is 23.0 Å². The van der Waals surface area contributed by atoms with Gasteiger partial charge in [0.2, 0.25) is 12.5 Å². The van der Waals surface area contributed by atoms with E-state index in [1.807, 2.05) is 6.07 Å². The van der Waals surface area contributed by atoms with Crippen molar-refractivity contribution in [2.75, 3.05) is 21.0 Å². The highest BCUT2D eigenvalue weighted by molar-refractivity contribution is 5.85. The second-order valence-electron chi connectivity index (χ2n) is 7.73. The van der Waals surface area contributed by atoms with Crippen molar-refractivity contribution in [3.63, 3.8) is 0 Å². The molecule has 0 amide bonds. The number of carbonyl (C=O) groups is 1. The number of aliphatic hydroxyl groups is 1. The number of ether oxygens (including phenoxy) is 4. The molecule has 0 radical (unpaired) electrons. The van der Waals surface area contributed by atoms with Gasteiger partial charge in [0.1, 0.15) is 5.78 Å². The number of benzene rings is 2. The maximum atomic E-state index is 12.6. The Labute approximate surface area is 167 Å². The molecule has 0 bridgehead atoms. The normalized spacial score (nSPS) is 26.8. The highest BCUT2D eigenvalue weighted by Gasteiger charge is 2.50. The number of Topliss-reactive ketones (excluding diaryl/α,β-unsaturated/α-hetero) is 1. The summed E-state index contributed by atoms with van der Waals surface area (Å²) in [5.74, 6) is 1.09. The molecule has 0 spiro atoms. The molecule has 2 aromatic rings. The number of ketones is 1. The van der Waals surface area contributed by atoms with Crippen molar-refractivity contribution >= 4 is 5.78 Å². The second kappa shape index (κ2) is 6.56. The van der Waals surface area contributed by atoms with Crippen LogP contribution in [-0.2, 0) is 4.79 Å². The minimum Gasteiger partial charge on any atom is -0.502 e. The van der Waals surface area contributed by atoms with Gasteiger partial charge < -0.3 is 29.2 Å². The first kappa shape index (κ1) is 18.1. The van der Waals surface area contributed by atoms with Crippen LogP contribution < -0.4 is 18.9 Å². The van der Waals surface area contributed by atoms with E-state index in [0.717, 1.165) is 11.1 Å². The third kappa shape index (κ3) is 2.57. The highest BCUT2D eigenvalue weighted by atomic mass is 16.7. The second-order valence-corrected chi connectivity index (χ2v) is 7.73. The zero-order valence-corrected chi connectivity index (χ0v) is 16.2.